The normalized spacial score (nSPS) is 24.6. The highest BCUT2D eigenvalue weighted by Gasteiger charge is 2.40. The highest BCUT2D eigenvalue weighted by atomic mass is 16.2. The Balaban J connectivity index is 1.35. The molecule has 1 aromatic rings. The third-order valence-corrected chi connectivity index (χ3v) is 7.32. The fraction of sp³-hybridized carbons (Fsp3) is 0.667. The minimum absolute atomic E-state index is 0.0238. The number of amides is 2. The fourth-order valence-electron chi connectivity index (χ4n) is 5.43. The second kappa shape index (κ2) is 10.0. The van der Waals surface area contributed by atoms with Crippen molar-refractivity contribution in [3.8, 4) is 0 Å². The molecule has 2 N–H and O–H groups in total. The molecule has 0 radical (unpaired) electrons. The molecule has 0 bridgehead atoms. The summed E-state index contributed by atoms with van der Waals surface area (Å²) in [5, 5.41) is 0. The van der Waals surface area contributed by atoms with Gasteiger partial charge in [0.15, 0.2) is 0 Å². The Morgan fingerprint density at radius 2 is 1.77 bits per heavy atom. The number of hydrogen-bond acceptors (Lipinski definition) is 5. The van der Waals surface area contributed by atoms with Crippen LogP contribution >= 0.6 is 0 Å². The Morgan fingerprint density at radius 1 is 1.06 bits per heavy atom. The summed E-state index contributed by atoms with van der Waals surface area (Å²) in [6.07, 6.45) is 4.32. The van der Waals surface area contributed by atoms with Crippen LogP contribution in [-0.4, -0.2) is 73.5 Å². The van der Waals surface area contributed by atoms with E-state index in [-0.39, 0.29) is 23.8 Å². The molecule has 31 heavy (non-hydrogen) atoms. The Hall–Kier alpha value is -2.12. The van der Waals surface area contributed by atoms with Crippen LogP contribution in [-0.2, 0) is 4.79 Å². The van der Waals surface area contributed by atoms with Gasteiger partial charge in [-0.25, -0.2) is 0 Å². The molecule has 1 aromatic carbocycles. The van der Waals surface area contributed by atoms with Gasteiger partial charge in [-0.3, -0.25) is 20.4 Å². The Labute approximate surface area is 186 Å². The maximum Gasteiger partial charge on any atom is 0.253 e. The molecule has 4 rings (SSSR count). The van der Waals surface area contributed by atoms with E-state index < -0.39 is 0 Å². The van der Waals surface area contributed by atoms with E-state index in [1.165, 1.54) is 12.8 Å². The number of carbonyl (C=O) groups is 2. The van der Waals surface area contributed by atoms with E-state index in [0.29, 0.717) is 12.5 Å². The van der Waals surface area contributed by atoms with Gasteiger partial charge in [0, 0.05) is 63.1 Å². The van der Waals surface area contributed by atoms with Crippen LogP contribution in [0.4, 0.5) is 5.69 Å². The summed E-state index contributed by atoms with van der Waals surface area (Å²) in [5.41, 5.74) is 8.54. The monoisotopic (exact) mass is 427 g/mol. The van der Waals surface area contributed by atoms with Gasteiger partial charge < -0.3 is 14.7 Å². The minimum Gasteiger partial charge on any atom is -0.372 e. The molecular weight excluding hydrogens is 390 g/mol. The van der Waals surface area contributed by atoms with Crippen molar-refractivity contribution >= 4 is 17.5 Å². The first-order valence-corrected chi connectivity index (χ1v) is 12.0. The Kier molecular flexibility index (Phi) is 7.13. The average molecular weight is 428 g/mol. The second-order valence-electron chi connectivity index (χ2n) is 9.04. The highest BCUT2D eigenvalue weighted by molar-refractivity contribution is 5.95. The number of benzene rings is 1. The summed E-state index contributed by atoms with van der Waals surface area (Å²) in [5.74, 6) is 0.751. The highest BCUT2D eigenvalue weighted by Crippen LogP contribution is 2.29. The molecule has 3 saturated heterocycles. The number of hydrogen-bond donors (Lipinski definition) is 2. The van der Waals surface area contributed by atoms with Crippen molar-refractivity contribution in [3.63, 3.8) is 0 Å². The molecule has 0 aliphatic carbocycles. The Morgan fingerprint density at radius 3 is 2.45 bits per heavy atom. The average Bonchev–Trinajstić information content (AvgIpc) is 3.52. The summed E-state index contributed by atoms with van der Waals surface area (Å²) >= 11 is 0. The predicted octanol–water partition coefficient (Wildman–Crippen LogP) is 2.10. The number of rotatable bonds is 6. The van der Waals surface area contributed by atoms with Crippen molar-refractivity contribution in [3.05, 3.63) is 29.8 Å². The first-order chi connectivity index (χ1) is 15.1. The number of anilines is 1. The zero-order valence-corrected chi connectivity index (χ0v) is 19.0. The first-order valence-electron chi connectivity index (χ1n) is 12.0. The summed E-state index contributed by atoms with van der Waals surface area (Å²) < 4.78 is 0. The van der Waals surface area contributed by atoms with E-state index in [9.17, 15) is 9.59 Å². The molecule has 2 atom stereocenters. The van der Waals surface area contributed by atoms with Crippen LogP contribution in [0.25, 0.3) is 0 Å². The van der Waals surface area contributed by atoms with Gasteiger partial charge in [0.25, 0.3) is 5.91 Å². The lowest BCUT2D eigenvalue weighted by Crippen LogP contribution is -2.49. The first kappa shape index (κ1) is 22.1. The third kappa shape index (κ3) is 4.72. The smallest absolute Gasteiger partial charge is 0.253 e. The standard InChI is InChI=1S/C24H37N5O2/c1-3-27(4-2)24(31)21-17-25-26-22(21)18-10-14-29(15-11-18)23(30)19-8-7-9-20(16-19)28-12-5-6-13-28/h7-9,16,18,21-22,25-26H,3-6,10-15,17H2,1-2H3. The van der Waals surface area contributed by atoms with Crippen LogP contribution in [0.15, 0.2) is 24.3 Å². The lowest BCUT2D eigenvalue weighted by Gasteiger charge is -2.37. The molecule has 3 heterocycles. The fourth-order valence-corrected chi connectivity index (χ4v) is 5.43. The van der Waals surface area contributed by atoms with Gasteiger partial charge in [0.05, 0.1) is 5.92 Å². The molecular formula is C24H37N5O2. The van der Waals surface area contributed by atoms with Crippen LogP contribution in [0.5, 0.6) is 0 Å². The predicted molar refractivity (Wildman–Crippen MR) is 123 cm³/mol. The van der Waals surface area contributed by atoms with Crippen LogP contribution in [0.2, 0.25) is 0 Å². The zero-order chi connectivity index (χ0) is 21.8. The SMILES string of the molecule is CCN(CC)C(=O)C1CNNC1C1CCN(C(=O)c2cccc(N3CCCC3)c2)CC1. The van der Waals surface area contributed by atoms with Crippen LogP contribution in [0.3, 0.4) is 0 Å². The molecule has 2 amide bonds. The molecule has 3 aliphatic rings. The van der Waals surface area contributed by atoms with E-state index in [4.69, 9.17) is 0 Å². The van der Waals surface area contributed by atoms with Crippen LogP contribution < -0.4 is 15.8 Å². The van der Waals surface area contributed by atoms with Gasteiger partial charge in [0.2, 0.25) is 5.91 Å². The van der Waals surface area contributed by atoms with Crippen LogP contribution in [0.1, 0.15) is 49.9 Å². The number of carbonyl (C=O) groups excluding carboxylic acids is 2. The molecule has 7 heteroatoms. The largest absolute Gasteiger partial charge is 0.372 e. The van der Waals surface area contributed by atoms with E-state index in [1.807, 2.05) is 35.8 Å². The molecule has 2 unspecified atom stereocenters. The maximum atomic E-state index is 13.2. The van der Waals surface area contributed by atoms with Crippen LogP contribution in [0, 0.1) is 11.8 Å². The summed E-state index contributed by atoms with van der Waals surface area (Å²) in [4.78, 5) is 32.4. The number of nitrogens with zero attached hydrogens (tertiary/aromatic N) is 3. The zero-order valence-electron chi connectivity index (χ0n) is 19.0. The molecule has 7 nitrogen and oxygen atoms in total. The van der Waals surface area contributed by atoms with Crippen molar-refractivity contribution in [2.45, 2.75) is 45.6 Å². The van der Waals surface area contributed by atoms with E-state index >= 15 is 0 Å². The molecule has 0 aromatic heterocycles. The maximum absolute atomic E-state index is 13.2. The minimum atomic E-state index is -0.0238. The van der Waals surface area contributed by atoms with Crippen molar-refractivity contribution in [1.29, 1.82) is 0 Å². The van der Waals surface area contributed by atoms with Gasteiger partial charge >= 0.3 is 0 Å². The quantitative estimate of drug-likeness (QED) is 0.728. The third-order valence-electron chi connectivity index (χ3n) is 7.32. The van der Waals surface area contributed by atoms with Crippen molar-refractivity contribution in [2.24, 2.45) is 11.8 Å². The van der Waals surface area contributed by atoms with Gasteiger partial charge in [0.1, 0.15) is 0 Å². The Bertz CT molecular complexity index is 767. The summed E-state index contributed by atoms with van der Waals surface area (Å²) in [6.45, 7) is 9.93. The second-order valence-corrected chi connectivity index (χ2v) is 9.04. The number of piperidine rings is 1. The van der Waals surface area contributed by atoms with Crippen molar-refractivity contribution < 1.29 is 9.59 Å². The van der Waals surface area contributed by atoms with E-state index in [2.05, 4.69) is 27.9 Å². The lowest BCUT2D eigenvalue weighted by molar-refractivity contribution is -0.135. The van der Waals surface area contributed by atoms with Gasteiger partial charge in [-0.1, -0.05) is 6.07 Å². The van der Waals surface area contributed by atoms with Gasteiger partial charge in [-0.15, -0.1) is 0 Å². The number of nitrogens with one attached hydrogen (secondary N) is 2. The molecule has 3 fully saturated rings. The lowest BCUT2D eigenvalue weighted by atomic mass is 9.82. The van der Waals surface area contributed by atoms with Gasteiger partial charge in [-0.2, -0.15) is 0 Å². The summed E-state index contributed by atoms with van der Waals surface area (Å²) in [7, 11) is 0. The molecule has 170 valence electrons. The van der Waals surface area contributed by atoms with Crippen molar-refractivity contribution in [1.82, 2.24) is 20.7 Å². The molecule has 3 aliphatic heterocycles. The van der Waals surface area contributed by atoms with E-state index in [0.717, 1.165) is 63.4 Å². The van der Waals surface area contributed by atoms with Gasteiger partial charge in [-0.05, 0) is 63.6 Å². The van der Waals surface area contributed by atoms with E-state index in [1.54, 1.807) is 0 Å². The van der Waals surface area contributed by atoms with Crippen molar-refractivity contribution in [2.75, 3.05) is 50.7 Å². The molecule has 0 spiro atoms. The number of hydrazine groups is 1. The molecule has 0 saturated carbocycles. The topological polar surface area (TPSA) is 67.9 Å². The number of likely N-dealkylation sites (tertiary alicyclic amines) is 1. The summed E-state index contributed by atoms with van der Waals surface area (Å²) in [6, 6.07) is 8.26.